The molecule has 0 aliphatic carbocycles. The maximum atomic E-state index is 12.0. The van der Waals surface area contributed by atoms with Gasteiger partial charge in [-0.2, -0.15) is 0 Å². The summed E-state index contributed by atoms with van der Waals surface area (Å²) in [6, 6.07) is -0.899. The highest BCUT2D eigenvalue weighted by molar-refractivity contribution is 7.09. The van der Waals surface area contributed by atoms with Gasteiger partial charge in [0.2, 0.25) is 0 Å². The van der Waals surface area contributed by atoms with E-state index in [1.807, 2.05) is 20.8 Å². The molecule has 0 saturated heterocycles. The van der Waals surface area contributed by atoms with Crippen molar-refractivity contribution in [3.8, 4) is 0 Å². The summed E-state index contributed by atoms with van der Waals surface area (Å²) in [5, 5.41) is 14.0. The second-order valence-corrected chi connectivity index (χ2v) is 6.97. The van der Waals surface area contributed by atoms with Crippen molar-refractivity contribution in [1.29, 1.82) is 0 Å². The van der Waals surface area contributed by atoms with Crippen molar-refractivity contribution < 1.29 is 19.4 Å². The van der Waals surface area contributed by atoms with Crippen LogP contribution < -0.4 is 5.32 Å². The Hall–Kier alpha value is -1.47. The van der Waals surface area contributed by atoms with E-state index in [-0.39, 0.29) is 11.1 Å². The summed E-state index contributed by atoms with van der Waals surface area (Å²) in [7, 11) is 1.55. The number of aliphatic carboxylic acids is 1. The molecule has 7 heteroatoms. The Labute approximate surface area is 128 Å². The molecule has 118 valence electrons. The highest BCUT2D eigenvalue weighted by atomic mass is 32.1. The Morgan fingerprint density at radius 3 is 2.67 bits per heavy atom. The molecule has 1 heterocycles. The number of rotatable bonds is 7. The van der Waals surface area contributed by atoms with Gasteiger partial charge in [0.15, 0.2) is 0 Å². The summed E-state index contributed by atoms with van der Waals surface area (Å²) in [6.07, 6.45) is 1.09. The number of hydrogen-bond donors (Lipinski definition) is 2. The topological polar surface area (TPSA) is 88.5 Å². The van der Waals surface area contributed by atoms with E-state index in [0.29, 0.717) is 24.5 Å². The van der Waals surface area contributed by atoms with Crippen LogP contribution >= 0.6 is 11.3 Å². The lowest BCUT2D eigenvalue weighted by Gasteiger charge is -2.21. The maximum absolute atomic E-state index is 12.0. The van der Waals surface area contributed by atoms with Crippen molar-refractivity contribution in [2.75, 3.05) is 7.11 Å². The molecule has 1 aromatic heterocycles. The van der Waals surface area contributed by atoms with Crippen molar-refractivity contribution in [3.63, 3.8) is 0 Å². The molecule has 21 heavy (non-hydrogen) atoms. The Morgan fingerprint density at radius 2 is 2.14 bits per heavy atom. The van der Waals surface area contributed by atoms with E-state index in [0.717, 1.165) is 0 Å². The van der Waals surface area contributed by atoms with Gasteiger partial charge in [0, 0.05) is 12.5 Å². The van der Waals surface area contributed by atoms with Gasteiger partial charge >= 0.3 is 5.97 Å². The largest absolute Gasteiger partial charge is 0.480 e. The Kier molecular flexibility index (Phi) is 6.29. The van der Waals surface area contributed by atoms with E-state index in [9.17, 15) is 14.7 Å². The molecule has 2 N–H and O–H groups in total. The first-order valence-corrected chi connectivity index (χ1v) is 7.58. The van der Waals surface area contributed by atoms with Gasteiger partial charge in [0.1, 0.15) is 16.7 Å². The summed E-state index contributed by atoms with van der Waals surface area (Å²) in [4.78, 5) is 27.4. The minimum absolute atomic E-state index is 0.0185. The van der Waals surface area contributed by atoms with Gasteiger partial charge < -0.3 is 15.2 Å². The molecule has 1 unspecified atom stereocenters. The van der Waals surface area contributed by atoms with Crippen molar-refractivity contribution >= 4 is 23.2 Å². The fourth-order valence-electron chi connectivity index (χ4n) is 1.67. The molecule has 0 bridgehead atoms. The second-order valence-electron chi connectivity index (χ2n) is 6.02. The van der Waals surface area contributed by atoms with E-state index in [1.54, 1.807) is 12.5 Å². The predicted molar refractivity (Wildman–Crippen MR) is 80.4 cm³/mol. The third-order valence-corrected chi connectivity index (χ3v) is 3.66. The van der Waals surface area contributed by atoms with Crippen molar-refractivity contribution in [3.05, 3.63) is 16.1 Å². The molecular weight excluding hydrogens is 292 g/mol. The fraction of sp³-hybridized carbons (Fsp3) is 0.643. The molecular formula is C14H22N2O4S. The summed E-state index contributed by atoms with van der Waals surface area (Å²) in [5.41, 5.74) is 0.249. The van der Waals surface area contributed by atoms with Crippen LogP contribution in [0.4, 0.5) is 0 Å². The first-order valence-electron chi connectivity index (χ1n) is 6.70. The molecule has 1 aromatic rings. The normalized spacial score (nSPS) is 13.0. The number of carboxylic acids is 1. The van der Waals surface area contributed by atoms with Gasteiger partial charge in [-0.3, -0.25) is 4.79 Å². The summed E-state index contributed by atoms with van der Waals surface area (Å²) in [6.45, 7) is 6.44. The Bertz CT molecular complexity index is 493. The number of ether oxygens (including phenoxy) is 1. The number of carbonyl (C=O) groups excluding carboxylic acids is 1. The summed E-state index contributed by atoms with van der Waals surface area (Å²) < 4.78 is 4.94. The number of amides is 1. The molecule has 0 aliphatic rings. The van der Waals surface area contributed by atoms with Gasteiger partial charge in [0.05, 0.1) is 6.61 Å². The van der Waals surface area contributed by atoms with Crippen molar-refractivity contribution in [1.82, 2.24) is 10.3 Å². The average Bonchev–Trinajstić information content (AvgIpc) is 2.81. The van der Waals surface area contributed by atoms with Crippen LogP contribution in [0.15, 0.2) is 5.38 Å². The standard InChI is InChI=1S/C14H22N2O4S/c1-14(2,3)6-5-9(13(18)19)16-12(17)10-8-21-11(15-10)7-20-4/h8-9H,5-7H2,1-4H3,(H,16,17)(H,18,19). The maximum Gasteiger partial charge on any atom is 0.326 e. The molecule has 6 nitrogen and oxygen atoms in total. The molecule has 0 aromatic carbocycles. The van der Waals surface area contributed by atoms with Crippen molar-refractivity contribution in [2.45, 2.75) is 46.3 Å². The van der Waals surface area contributed by atoms with Gasteiger partial charge in [-0.1, -0.05) is 20.8 Å². The number of nitrogens with one attached hydrogen (secondary N) is 1. The van der Waals surface area contributed by atoms with Crippen LogP contribution in [0.1, 0.15) is 49.1 Å². The fourth-order valence-corrected chi connectivity index (χ4v) is 2.42. The Morgan fingerprint density at radius 1 is 1.48 bits per heavy atom. The minimum Gasteiger partial charge on any atom is -0.480 e. The van der Waals surface area contributed by atoms with Crippen LogP contribution in [0.5, 0.6) is 0 Å². The monoisotopic (exact) mass is 314 g/mol. The molecule has 0 fully saturated rings. The molecule has 0 aliphatic heterocycles. The highest BCUT2D eigenvalue weighted by Gasteiger charge is 2.24. The first kappa shape index (κ1) is 17.6. The second kappa shape index (κ2) is 7.51. The molecule has 0 spiro atoms. The van der Waals surface area contributed by atoms with Crippen LogP contribution in [0.3, 0.4) is 0 Å². The van der Waals surface area contributed by atoms with Gasteiger partial charge in [-0.15, -0.1) is 11.3 Å². The highest BCUT2D eigenvalue weighted by Crippen LogP contribution is 2.22. The van der Waals surface area contributed by atoms with Crippen LogP contribution in [-0.4, -0.2) is 35.1 Å². The zero-order valence-electron chi connectivity index (χ0n) is 12.8. The zero-order chi connectivity index (χ0) is 16.0. The first-order chi connectivity index (χ1) is 9.73. The lowest BCUT2D eigenvalue weighted by atomic mass is 9.88. The molecule has 0 saturated carbocycles. The quantitative estimate of drug-likeness (QED) is 0.806. The lowest BCUT2D eigenvalue weighted by Crippen LogP contribution is -2.41. The average molecular weight is 314 g/mol. The van der Waals surface area contributed by atoms with Gasteiger partial charge in [0.25, 0.3) is 5.91 Å². The molecule has 1 amide bonds. The number of carbonyl (C=O) groups is 2. The van der Waals surface area contributed by atoms with E-state index in [2.05, 4.69) is 10.3 Å². The predicted octanol–water partition coefficient (Wildman–Crippen LogP) is 2.30. The van der Waals surface area contributed by atoms with Gasteiger partial charge in [-0.25, -0.2) is 9.78 Å². The third kappa shape index (κ3) is 6.22. The molecule has 1 rings (SSSR count). The lowest BCUT2D eigenvalue weighted by molar-refractivity contribution is -0.139. The third-order valence-electron chi connectivity index (χ3n) is 2.84. The number of thiazole rings is 1. The zero-order valence-corrected chi connectivity index (χ0v) is 13.6. The van der Waals surface area contributed by atoms with Crippen LogP contribution in [0, 0.1) is 5.41 Å². The number of aromatic nitrogens is 1. The number of nitrogens with zero attached hydrogens (tertiary/aromatic N) is 1. The number of carboxylic acid groups (broad SMARTS) is 1. The summed E-state index contributed by atoms with van der Waals surface area (Å²) >= 11 is 1.31. The van der Waals surface area contributed by atoms with E-state index < -0.39 is 17.9 Å². The van der Waals surface area contributed by atoms with E-state index >= 15 is 0 Å². The number of hydrogen-bond acceptors (Lipinski definition) is 5. The number of methoxy groups -OCH3 is 1. The van der Waals surface area contributed by atoms with Crippen molar-refractivity contribution in [2.24, 2.45) is 5.41 Å². The van der Waals surface area contributed by atoms with Crippen LogP contribution in [-0.2, 0) is 16.1 Å². The SMILES string of the molecule is COCc1nc(C(=O)NC(CCC(C)(C)C)C(=O)O)cs1. The Balaban J connectivity index is 2.65. The van der Waals surface area contributed by atoms with Crippen LogP contribution in [0.25, 0.3) is 0 Å². The molecule has 0 radical (unpaired) electrons. The smallest absolute Gasteiger partial charge is 0.326 e. The van der Waals surface area contributed by atoms with Gasteiger partial charge in [-0.05, 0) is 18.3 Å². The molecule has 1 atom stereocenters. The van der Waals surface area contributed by atoms with Crippen LogP contribution in [0.2, 0.25) is 0 Å². The summed E-state index contributed by atoms with van der Waals surface area (Å²) in [5.74, 6) is -1.49. The van der Waals surface area contributed by atoms with E-state index in [4.69, 9.17) is 4.74 Å². The minimum atomic E-state index is -1.03. The van der Waals surface area contributed by atoms with E-state index in [1.165, 1.54) is 11.3 Å².